The fourth-order valence-electron chi connectivity index (χ4n) is 6.15. The first-order chi connectivity index (χ1) is 24.8. The molecule has 13 nitrogen and oxygen atoms in total. The minimum atomic E-state index is -0.888. The lowest BCUT2D eigenvalue weighted by Gasteiger charge is -2.17. The first-order valence-corrected chi connectivity index (χ1v) is 16.6. The quantitative estimate of drug-likeness (QED) is 0.0936. The summed E-state index contributed by atoms with van der Waals surface area (Å²) in [5.41, 5.74) is 13.7. The van der Waals surface area contributed by atoms with E-state index in [0.29, 0.717) is 38.9 Å². The summed E-state index contributed by atoms with van der Waals surface area (Å²) in [7, 11) is 6.00. The Morgan fingerprint density at radius 2 is 1.19 bits per heavy atom. The fourth-order valence-corrected chi connectivity index (χ4v) is 6.15. The number of ether oxygens (including phenoxy) is 6. The second-order valence-electron chi connectivity index (χ2n) is 13.1. The number of nitrogens with zero attached hydrogens (tertiary/aromatic N) is 1. The lowest BCUT2D eigenvalue weighted by atomic mass is 9.97. The first-order valence-electron chi connectivity index (χ1n) is 16.6. The maximum atomic E-state index is 14.0. The van der Waals surface area contributed by atoms with Gasteiger partial charge in [0.1, 0.15) is 23.2 Å². The normalized spacial score (nSPS) is 12.8. The van der Waals surface area contributed by atoms with E-state index in [9.17, 15) is 14.4 Å². The lowest BCUT2D eigenvalue weighted by Crippen LogP contribution is -2.38. The Morgan fingerprint density at radius 3 is 1.79 bits per heavy atom. The number of benzene rings is 3. The summed E-state index contributed by atoms with van der Waals surface area (Å²) in [5.74, 6) is 0.101. The highest BCUT2D eigenvalue weighted by atomic mass is 16.6. The van der Waals surface area contributed by atoms with Gasteiger partial charge in [-0.2, -0.15) is 0 Å². The van der Waals surface area contributed by atoms with E-state index in [1.54, 1.807) is 62.9 Å². The second-order valence-corrected chi connectivity index (χ2v) is 13.1. The van der Waals surface area contributed by atoms with E-state index in [2.05, 4.69) is 0 Å². The average Bonchev–Trinajstić information content (AvgIpc) is 3.49. The highest BCUT2D eigenvalue weighted by Crippen LogP contribution is 2.46. The predicted octanol–water partition coefficient (Wildman–Crippen LogP) is 5.83. The predicted molar refractivity (Wildman–Crippen MR) is 197 cm³/mol. The van der Waals surface area contributed by atoms with Gasteiger partial charge >= 0.3 is 17.6 Å². The summed E-state index contributed by atoms with van der Waals surface area (Å²) in [4.78, 5) is 39.7. The largest absolute Gasteiger partial charge is 0.493 e. The van der Waals surface area contributed by atoms with Crippen molar-refractivity contribution in [1.29, 1.82) is 0 Å². The zero-order valence-corrected chi connectivity index (χ0v) is 30.2. The Hall–Kier alpha value is -5.79. The highest BCUT2D eigenvalue weighted by molar-refractivity contribution is 6.22. The van der Waals surface area contributed by atoms with E-state index >= 15 is 0 Å². The van der Waals surface area contributed by atoms with E-state index in [0.717, 1.165) is 10.8 Å². The fraction of sp³-hybridized carbons (Fsp3) is 0.308. The molecule has 6 rings (SSSR count). The zero-order chi connectivity index (χ0) is 37.6. The van der Waals surface area contributed by atoms with E-state index in [4.69, 9.17) is 44.3 Å². The number of carbonyl (C=O) groups is 2. The number of fused-ring (bicyclic) bond motifs is 7. The van der Waals surface area contributed by atoms with Crippen LogP contribution in [-0.4, -0.2) is 56.9 Å². The van der Waals surface area contributed by atoms with Gasteiger partial charge in [-0.15, -0.1) is 0 Å². The summed E-state index contributed by atoms with van der Waals surface area (Å²) < 4.78 is 41.7. The Morgan fingerprint density at radius 1 is 0.654 bits per heavy atom. The van der Waals surface area contributed by atoms with Crippen molar-refractivity contribution >= 4 is 50.1 Å². The molecule has 3 aromatic heterocycles. The van der Waals surface area contributed by atoms with Gasteiger partial charge in [-0.1, -0.05) is 33.8 Å². The molecule has 4 N–H and O–H groups in total. The minimum Gasteiger partial charge on any atom is -0.493 e. The standard InChI is InChI=1S/C39H41N3O10/c1-18(2)33(40)37(43)50-24-10-9-21(14-26(24)46-5)31-32-23-16-29(49-8)30(52-38(44)34(41)19(3)4)17-25(23)51-39(45)36(32)42-12-11-20-13-27(47-6)28(48-7)15-22(20)35(31)42/h9-19,33-34H,40-41H2,1-8H3/t33-,34-/m0/s1. The third-order valence-electron chi connectivity index (χ3n) is 9.20. The van der Waals surface area contributed by atoms with Crippen molar-refractivity contribution in [3.05, 3.63) is 65.1 Å². The van der Waals surface area contributed by atoms with Crippen LogP contribution < -0.4 is 45.5 Å². The van der Waals surface area contributed by atoms with Gasteiger partial charge in [0.15, 0.2) is 34.5 Å². The molecule has 13 heteroatoms. The molecule has 0 saturated heterocycles. The van der Waals surface area contributed by atoms with E-state index in [1.165, 1.54) is 20.3 Å². The van der Waals surface area contributed by atoms with Gasteiger partial charge in [-0.3, -0.25) is 0 Å². The third-order valence-corrected chi connectivity index (χ3v) is 9.20. The van der Waals surface area contributed by atoms with Gasteiger partial charge in [-0.05, 0) is 59.2 Å². The number of carbonyl (C=O) groups excluding carboxylic acids is 2. The summed E-state index contributed by atoms with van der Waals surface area (Å²) in [6.07, 6.45) is 1.78. The van der Waals surface area contributed by atoms with Crippen LogP contribution in [0.15, 0.2) is 63.9 Å². The molecule has 2 atom stereocenters. The number of methoxy groups -OCH3 is 4. The Balaban J connectivity index is 1.71. The van der Waals surface area contributed by atoms with Crippen LogP contribution >= 0.6 is 0 Å². The SMILES string of the molecule is COc1cc2ccn3c(c(-c4ccc(OC(=O)[C@@H](N)C(C)C)c(OC)c4)c4c5cc(OC)c(OC(=O)[C@@H](N)C(C)C)cc5oc(=O)c43)c2cc1OC. The maximum Gasteiger partial charge on any atom is 0.361 e. The molecule has 6 aromatic rings. The number of nitrogens with two attached hydrogens (primary N) is 2. The number of aromatic nitrogens is 1. The summed E-state index contributed by atoms with van der Waals surface area (Å²) >= 11 is 0. The van der Waals surface area contributed by atoms with Crippen molar-refractivity contribution in [3.8, 4) is 45.6 Å². The Kier molecular flexibility index (Phi) is 9.75. The second kappa shape index (κ2) is 14.1. The summed E-state index contributed by atoms with van der Waals surface area (Å²) in [6.45, 7) is 7.27. The first kappa shape index (κ1) is 36.0. The van der Waals surface area contributed by atoms with Gasteiger partial charge < -0.3 is 48.7 Å². The molecule has 0 aliphatic carbocycles. The molecule has 0 aliphatic rings. The van der Waals surface area contributed by atoms with Gasteiger partial charge in [0.25, 0.3) is 0 Å². The average molecular weight is 712 g/mol. The van der Waals surface area contributed by atoms with E-state index < -0.39 is 29.6 Å². The zero-order valence-electron chi connectivity index (χ0n) is 30.2. The van der Waals surface area contributed by atoms with Crippen LogP contribution in [0.2, 0.25) is 0 Å². The number of rotatable bonds is 11. The molecule has 0 radical (unpaired) electrons. The van der Waals surface area contributed by atoms with E-state index in [-0.39, 0.29) is 45.9 Å². The Bertz CT molecular complexity index is 2430. The summed E-state index contributed by atoms with van der Waals surface area (Å²) in [6, 6.07) is 12.0. The van der Waals surface area contributed by atoms with Crippen LogP contribution in [0, 0.1) is 11.8 Å². The maximum absolute atomic E-state index is 14.0. The molecule has 0 spiro atoms. The van der Waals surface area contributed by atoms with Crippen molar-refractivity contribution < 1.29 is 42.4 Å². The van der Waals surface area contributed by atoms with Crippen LogP contribution in [0.3, 0.4) is 0 Å². The topological polar surface area (TPSA) is 176 Å². The van der Waals surface area contributed by atoms with Crippen molar-refractivity contribution in [2.45, 2.75) is 39.8 Å². The summed E-state index contributed by atoms with van der Waals surface area (Å²) in [5, 5.41) is 2.54. The lowest BCUT2D eigenvalue weighted by molar-refractivity contribution is -0.137. The molecule has 3 heterocycles. The minimum absolute atomic E-state index is 0.0404. The van der Waals surface area contributed by atoms with Crippen LogP contribution in [0.4, 0.5) is 0 Å². The smallest absolute Gasteiger partial charge is 0.361 e. The molecule has 0 bridgehead atoms. The van der Waals surface area contributed by atoms with Gasteiger partial charge in [0.05, 0.1) is 34.0 Å². The number of hydrogen-bond acceptors (Lipinski definition) is 12. The van der Waals surface area contributed by atoms with Crippen molar-refractivity contribution in [2.75, 3.05) is 28.4 Å². The molecular formula is C39H41N3O10. The number of hydrogen-bond donors (Lipinski definition) is 2. The van der Waals surface area contributed by atoms with Gasteiger partial charge in [-0.25, -0.2) is 14.4 Å². The molecule has 0 unspecified atom stereocenters. The van der Waals surface area contributed by atoms with Gasteiger partial charge in [0.2, 0.25) is 0 Å². The molecule has 3 aromatic carbocycles. The van der Waals surface area contributed by atoms with Crippen molar-refractivity contribution in [2.24, 2.45) is 23.3 Å². The number of pyridine rings is 1. The van der Waals surface area contributed by atoms with Crippen LogP contribution in [0.1, 0.15) is 27.7 Å². The van der Waals surface area contributed by atoms with Crippen LogP contribution in [0.25, 0.3) is 49.3 Å². The van der Waals surface area contributed by atoms with Crippen molar-refractivity contribution in [3.63, 3.8) is 0 Å². The molecule has 272 valence electrons. The molecule has 0 saturated carbocycles. The van der Waals surface area contributed by atoms with Crippen molar-refractivity contribution in [1.82, 2.24) is 4.40 Å². The Labute approximate surface area is 298 Å². The molecule has 0 aliphatic heterocycles. The third kappa shape index (κ3) is 6.11. The molecular weight excluding hydrogens is 670 g/mol. The molecule has 0 fully saturated rings. The highest BCUT2D eigenvalue weighted by Gasteiger charge is 2.27. The van der Waals surface area contributed by atoms with Crippen LogP contribution in [0.5, 0.6) is 34.5 Å². The molecule has 52 heavy (non-hydrogen) atoms. The monoisotopic (exact) mass is 711 g/mol. The van der Waals surface area contributed by atoms with Crippen LogP contribution in [-0.2, 0) is 9.59 Å². The number of esters is 2. The van der Waals surface area contributed by atoms with Gasteiger partial charge in [0, 0.05) is 34.0 Å². The molecule has 0 amide bonds. The van der Waals surface area contributed by atoms with E-state index in [1.807, 2.05) is 32.0 Å².